The van der Waals surface area contributed by atoms with Gasteiger partial charge >= 0.3 is 12.1 Å². The van der Waals surface area contributed by atoms with Crippen molar-refractivity contribution in [1.29, 1.82) is 0 Å². The predicted molar refractivity (Wildman–Crippen MR) is 49.6 cm³/mol. The standard InChI is InChI=1S/C9H16F3NO2/c1-4-5-6(2)13-8(3,7(14)15)9(10,11)12/h6,13H,4-5H2,1-3H3,(H,14,15). The Morgan fingerprint density at radius 3 is 2.20 bits per heavy atom. The smallest absolute Gasteiger partial charge is 0.417 e. The molecule has 0 aromatic heterocycles. The first kappa shape index (κ1) is 14.2. The Hall–Kier alpha value is -0.780. The number of hydrogen-bond acceptors (Lipinski definition) is 2. The molecule has 2 atom stereocenters. The van der Waals surface area contributed by atoms with Crippen LogP contribution in [0.1, 0.15) is 33.6 Å². The van der Waals surface area contributed by atoms with E-state index in [0.29, 0.717) is 19.8 Å². The zero-order valence-corrected chi connectivity index (χ0v) is 8.98. The van der Waals surface area contributed by atoms with Crippen molar-refractivity contribution < 1.29 is 23.1 Å². The maximum absolute atomic E-state index is 12.5. The summed E-state index contributed by atoms with van der Waals surface area (Å²) in [6, 6.07) is -0.488. The Morgan fingerprint density at radius 1 is 1.47 bits per heavy atom. The summed E-state index contributed by atoms with van der Waals surface area (Å²) in [5.41, 5.74) is -2.87. The van der Waals surface area contributed by atoms with Gasteiger partial charge in [0.1, 0.15) is 0 Å². The number of carboxylic acid groups (broad SMARTS) is 1. The average Bonchev–Trinajstić information content (AvgIpc) is 2.01. The quantitative estimate of drug-likeness (QED) is 0.756. The topological polar surface area (TPSA) is 49.3 Å². The van der Waals surface area contributed by atoms with Crippen LogP contribution in [0.3, 0.4) is 0 Å². The van der Waals surface area contributed by atoms with E-state index in [4.69, 9.17) is 5.11 Å². The molecule has 0 fully saturated rings. The van der Waals surface area contributed by atoms with Gasteiger partial charge in [-0.15, -0.1) is 0 Å². The van der Waals surface area contributed by atoms with E-state index in [2.05, 4.69) is 5.32 Å². The summed E-state index contributed by atoms with van der Waals surface area (Å²) >= 11 is 0. The Balaban J connectivity index is 4.75. The summed E-state index contributed by atoms with van der Waals surface area (Å²) in [5.74, 6) is -1.90. The van der Waals surface area contributed by atoms with Gasteiger partial charge < -0.3 is 5.11 Å². The first-order valence-electron chi connectivity index (χ1n) is 4.73. The molecule has 6 heteroatoms. The third-order valence-corrected chi connectivity index (χ3v) is 2.25. The summed E-state index contributed by atoms with van der Waals surface area (Å²) in [6.45, 7) is 4.00. The van der Waals surface area contributed by atoms with Gasteiger partial charge in [0, 0.05) is 6.04 Å². The van der Waals surface area contributed by atoms with E-state index >= 15 is 0 Å². The maximum Gasteiger partial charge on any atom is 0.417 e. The Bertz CT molecular complexity index is 230. The van der Waals surface area contributed by atoms with Crippen molar-refractivity contribution in [2.24, 2.45) is 0 Å². The molecule has 0 rings (SSSR count). The predicted octanol–water partition coefficient (Wildman–Crippen LogP) is 2.17. The number of nitrogens with one attached hydrogen (secondary N) is 1. The highest BCUT2D eigenvalue weighted by Gasteiger charge is 2.57. The van der Waals surface area contributed by atoms with Crippen molar-refractivity contribution in [3.63, 3.8) is 0 Å². The van der Waals surface area contributed by atoms with Gasteiger partial charge in [0.2, 0.25) is 5.54 Å². The molecule has 90 valence electrons. The fraction of sp³-hybridized carbons (Fsp3) is 0.889. The van der Waals surface area contributed by atoms with Crippen LogP contribution in [0.2, 0.25) is 0 Å². The Kier molecular flexibility index (Phi) is 4.58. The van der Waals surface area contributed by atoms with Crippen molar-refractivity contribution in [1.82, 2.24) is 5.32 Å². The molecule has 0 amide bonds. The maximum atomic E-state index is 12.5. The van der Waals surface area contributed by atoms with E-state index in [0.717, 1.165) is 0 Å². The summed E-state index contributed by atoms with van der Waals surface area (Å²) < 4.78 is 37.5. The lowest BCUT2D eigenvalue weighted by atomic mass is 9.99. The van der Waals surface area contributed by atoms with Crippen LogP contribution in [-0.2, 0) is 4.79 Å². The highest BCUT2D eigenvalue weighted by atomic mass is 19.4. The summed E-state index contributed by atoms with van der Waals surface area (Å²) in [5, 5.41) is 10.7. The lowest BCUT2D eigenvalue weighted by Gasteiger charge is -2.31. The second kappa shape index (κ2) is 4.83. The van der Waals surface area contributed by atoms with Crippen LogP contribution in [0, 0.1) is 0 Å². The van der Waals surface area contributed by atoms with Crippen molar-refractivity contribution in [3.8, 4) is 0 Å². The summed E-state index contributed by atoms with van der Waals surface area (Å²) in [7, 11) is 0. The monoisotopic (exact) mass is 227 g/mol. The molecule has 2 N–H and O–H groups in total. The SMILES string of the molecule is CCCC(C)NC(C)(C(=O)O)C(F)(F)F. The first-order chi connectivity index (χ1) is 6.65. The van der Waals surface area contributed by atoms with Crippen LogP contribution in [0.15, 0.2) is 0 Å². The normalized spacial score (nSPS) is 18.3. The van der Waals surface area contributed by atoms with E-state index in [1.807, 2.05) is 6.92 Å². The molecule has 0 aromatic carbocycles. The van der Waals surface area contributed by atoms with Crippen molar-refractivity contribution >= 4 is 5.97 Å². The molecule has 0 saturated carbocycles. The summed E-state index contributed by atoms with van der Waals surface area (Å²) in [4.78, 5) is 10.6. The minimum atomic E-state index is -4.80. The molecule has 0 radical (unpaired) electrons. The van der Waals surface area contributed by atoms with Crippen LogP contribution in [0.4, 0.5) is 13.2 Å². The van der Waals surface area contributed by atoms with Crippen LogP contribution in [-0.4, -0.2) is 28.8 Å². The van der Waals surface area contributed by atoms with Gasteiger partial charge in [0.05, 0.1) is 0 Å². The number of hydrogen-bond donors (Lipinski definition) is 2. The van der Waals surface area contributed by atoms with Crippen LogP contribution >= 0.6 is 0 Å². The van der Waals surface area contributed by atoms with Gasteiger partial charge in [-0.2, -0.15) is 13.2 Å². The zero-order valence-electron chi connectivity index (χ0n) is 8.98. The molecular formula is C9H16F3NO2. The van der Waals surface area contributed by atoms with Gasteiger partial charge in [-0.1, -0.05) is 13.3 Å². The van der Waals surface area contributed by atoms with E-state index in [1.165, 1.54) is 6.92 Å². The number of alkyl halides is 3. The van der Waals surface area contributed by atoms with E-state index < -0.39 is 23.7 Å². The molecule has 0 aliphatic carbocycles. The van der Waals surface area contributed by atoms with Crippen LogP contribution < -0.4 is 5.32 Å². The average molecular weight is 227 g/mol. The molecule has 2 unspecified atom stereocenters. The molecular weight excluding hydrogens is 211 g/mol. The van der Waals surface area contributed by atoms with E-state index in [-0.39, 0.29) is 0 Å². The minimum absolute atomic E-state index is 0.488. The number of carboxylic acids is 1. The van der Waals surface area contributed by atoms with Crippen molar-refractivity contribution in [3.05, 3.63) is 0 Å². The molecule has 0 bridgehead atoms. The van der Waals surface area contributed by atoms with Gasteiger partial charge in [0.25, 0.3) is 0 Å². The lowest BCUT2D eigenvalue weighted by Crippen LogP contribution is -2.62. The molecule has 3 nitrogen and oxygen atoms in total. The molecule has 0 spiro atoms. The second-order valence-corrected chi connectivity index (χ2v) is 3.76. The second-order valence-electron chi connectivity index (χ2n) is 3.76. The molecule has 0 aromatic rings. The minimum Gasteiger partial charge on any atom is -0.480 e. The lowest BCUT2D eigenvalue weighted by molar-refractivity contribution is -0.207. The number of rotatable bonds is 5. The van der Waals surface area contributed by atoms with Gasteiger partial charge in [0.15, 0.2) is 0 Å². The number of halogens is 3. The highest BCUT2D eigenvalue weighted by Crippen LogP contribution is 2.31. The van der Waals surface area contributed by atoms with Gasteiger partial charge in [-0.05, 0) is 20.3 Å². The Morgan fingerprint density at radius 2 is 1.93 bits per heavy atom. The molecule has 0 aliphatic rings. The fourth-order valence-electron chi connectivity index (χ4n) is 1.26. The third-order valence-electron chi connectivity index (χ3n) is 2.25. The van der Waals surface area contributed by atoms with E-state index in [1.54, 1.807) is 0 Å². The highest BCUT2D eigenvalue weighted by molar-refractivity contribution is 5.79. The first-order valence-corrected chi connectivity index (χ1v) is 4.73. The summed E-state index contributed by atoms with van der Waals surface area (Å²) in [6.07, 6.45) is -3.61. The zero-order chi connectivity index (χ0) is 12.3. The van der Waals surface area contributed by atoms with Crippen LogP contribution in [0.25, 0.3) is 0 Å². The molecule has 0 heterocycles. The van der Waals surface area contributed by atoms with Crippen molar-refractivity contribution in [2.75, 3.05) is 0 Å². The fourth-order valence-corrected chi connectivity index (χ4v) is 1.26. The Labute approximate surface area is 86.7 Å². The van der Waals surface area contributed by atoms with E-state index in [9.17, 15) is 18.0 Å². The van der Waals surface area contributed by atoms with Gasteiger partial charge in [-0.25, -0.2) is 4.79 Å². The molecule has 15 heavy (non-hydrogen) atoms. The molecule has 0 aliphatic heterocycles. The largest absolute Gasteiger partial charge is 0.480 e. The van der Waals surface area contributed by atoms with Crippen LogP contribution in [0.5, 0.6) is 0 Å². The number of aliphatic carboxylic acids is 1. The molecule has 0 saturated heterocycles. The van der Waals surface area contributed by atoms with Crippen molar-refractivity contribution in [2.45, 2.75) is 51.4 Å². The third kappa shape index (κ3) is 3.37. The number of carbonyl (C=O) groups is 1. The van der Waals surface area contributed by atoms with Gasteiger partial charge in [-0.3, -0.25) is 5.32 Å².